The summed E-state index contributed by atoms with van der Waals surface area (Å²) in [4.78, 5) is 36.1. The first-order valence-corrected chi connectivity index (χ1v) is 9.94. The zero-order valence-corrected chi connectivity index (χ0v) is 16.6. The summed E-state index contributed by atoms with van der Waals surface area (Å²) in [6, 6.07) is 0. The first-order valence-electron chi connectivity index (χ1n) is 9.94. The number of esters is 1. The SMILES string of the molecule is CC(=O)O[C@]1(C(C)=O)C[C@@H]2[C@@H]3C=CC4=CC(=O)C=C[C@]4(C)[C@@H]3CC[C@]2(C)C1. The summed E-state index contributed by atoms with van der Waals surface area (Å²) in [7, 11) is 0. The van der Waals surface area contributed by atoms with Gasteiger partial charge in [-0.25, -0.2) is 0 Å². The van der Waals surface area contributed by atoms with Crippen molar-refractivity contribution in [2.24, 2.45) is 28.6 Å². The van der Waals surface area contributed by atoms with Gasteiger partial charge in [0, 0.05) is 18.8 Å². The normalized spacial score (nSPS) is 44.8. The first kappa shape index (κ1) is 18.4. The maximum absolute atomic E-state index is 12.5. The van der Waals surface area contributed by atoms with Gasteiger partial charge in [0.05, 0.1) is 0 Å². The Bertz CT molecular complexity index is 818. The smallest absolute Gasteiger partial charge is 0.303 e. The molecule has 0 unspecified atom stereocenters. The number of Topliss-reactive ketones (excluding diaryl/α,β-unsaturated/α-hetero) is 1. The number of allylic oxidation sites excluding steroid dienone is 6. The number of hydrogen-bond acceptors (Lipinski definition) is 4. The van der Waals surface area contributed by atoms with Gasteiger partial charge in [-0.2, -0.15) is 0 Å². The number of carbonyl (C=O) groups is 3. The lowest BCUT2D eigenvalue weighted by Gasteiger charge is -2.53. The molecule has 0 bridgehead atoms. The van der Waals surface area contributed by atoms with Gasteiger partial charge in [-0.15, -0.1) is 0 Å². The Balaban J connectivity index is 1.73. The Morgan fingerprint density at radius 2 is 1.89 bits per heavy atom. The number of ether oxygens (including phenoxy) is 1. The molecule has 0 saturated heterocycles. The number of carbonyl (C=O) groups excluding carboxylic acids is 3. The highest BCUT2D eigenvalue weighted by molar-refractivity contribution is 6.01. The Morgan fingerprint density at radius 1 is 1.15 bits per heavy atom. The van der Waals surface area contributed by atoms with Crippen LogP contribution in [0.25, 0.3) is 0 Å². The predicted molar refractivity (Wildman–Crippen MR) is 102 cm³/mol. The number of ketones is 2. The highest BCUT2D eigenvalue weighted by atomic mass is 16.6. The Hall–Kier alpha value is -1.97. The fourth-order valence-corrected chi connectivity index (χ4v) is 6.44. The lowest BCUT2D eigenvalue weighted by molar-refractivity contribution is -0.165. The van der Waals surface area contributed by atoms with Crippen LogP contribution in [0.4, 0.5) is 0 Å². The van der Waals surface area contributed by atoms with E-state index in [4.69, 9.17) is 4.74 Å². The molecule has 0 N–H and O–H groups in total. The van der Waals surface area contributed by atoms with E-state index < -0.39 is 5.60 Å². The summed E-state index contributed by atoms with van der Waals surface area (Å²) in [5, 5.41) is 0. The molecule has 0 amide bonds. The van der Waals surface area contributed by atoms with E-state index in [0.717, 1.165) is 18.4 Å². The summed E-state index contributed by atoms with van der Waals surface area (Å²) >= 11 is 0. The van der Waals surface area contributed by atoms with E-state index in [9.17, 15) is 14.4 Å². The molecule has 4 heteroatoms. The molecule has 0 aliphatic heterocycles. The second kappa shape index (κ2) is 5.76. The van der Waals surface area contributed by atoms with E-state index in [-0.39, 0.29) is 28.4 Å². The van der Waals surface area contributed by atoms with E-state index in [1.54, 1.807) is 19.1 Å². The Kier molecular flexibility index (Phi) is 3.93. The van der Waals surface area contributed by atoms with Crippen molar-refractivity contribution in [3.05, 3.63) is 36.0 Å². The van der Waals surface area contributed by atoms with E-state index in [0.29, 0.717) is 30.6 Å². The van der Waals surface area contributed by atoms with Crippen LogP contribution in [0.5, 0.6) is 0 Å². The van der Waals surface area contributed by atoms with Crippen LogP contribution in [-0.2, 0) is 19.1 Å². The second-order valence-electron chi connectivity index (χ2n) is 9.49. The first-order chi connectivity index (χ1) is 12.6. The van der Waals surface area contributed by atoms with E-state index in [2.05, 4.69) is 32.1 Å². The molecule has 2 fully saturated rings. The lowest BCUT2D eigenvalue weighted by atomic mass is 9.50. The second-order valence-corrected chi connectivity index (χ2v) is 9.49. The van der Waals surface area contributed by atoms with Gasteiger partial charge >= 0.3 is 5.97 Å². The third kappa shape index (κ3) is 2.60. The molecule has 4 rings (SSSR count). The quantitative estimate of drug-likeness (QED) is 0.692. The maximum Gasteiger partial charge on any atom is 0.303 e. The molecule has 0 aromatic rings. The van der Waals surface area contributed by atoms with E-state index in [1.165, 1.54) is 6.92 Å². The van der Waals surface area contributed by atoms with Crippen molar-refractivity contribution in [3.63, 3.8) is 0 Å². The van der Waals surface area contributed by atoms with Crippen molar-refractivity contribution >= 4 is 17.5 Å². The van der Waals surface area contributed by atoms with Gasteiger partial charge in [0.1, 0.15) is 0 Å². The highest BCUT2D eigenvalue weighted by Gasteiger charge is 2.62. The van der Waals surface area contributed by atoms with Crippen LogP contribution >= 0.6 is 0 Å². The van der Waals surface area contributed by atoms with Gasteiger partial charge in [0.25, 0.3) is 0 Å². The highest BCUT2D eigenvalue weighted by Crippen LogP contribution is 2.65. The Morgan fingerprint density at radius 3 is 2.56 bits per heavy atom. The lowest BCUT2D eigenvalue weighted by Crippen LogP contribution is -2.46. The van der Waals surface area contributed by atoms with Gasteiger partial charge < -0.3 is 4.74 Å². The van der Waals surface area contributed by atoms with E-state index >= 15 is 0 Å². The topological polar surface area (TPSA) is 60.4 Å². The molecule has 0 aromatic heterocycles. The van der Waals surface area contributed by atoms with Gasteiger partial charge in [-0.05, 0) is 67.1 Å². The van der Waals surface area contributed by atoms with Crippen LogP contribution in [-0.4, -0.2) is 23.1 Å². The van der Waals surface area contributed by atoms with Crippen LogP contribution < -0.4 is 0 Å². The van der Waals surface area contributed by atoms with Crippen molar-refractivity contribution < 1.29 is 19.1 Å². The molecular weight excluding hydrogens is 340 g/mol. The molecule has 27 heavy (non-hydrogen) atoms. The molecular formula is C23H28O4. The number of fused-ring (bicyclic) bond motifs is 5. The molecule has 0 spiro atoms. The van der Waals surface area contributed by atoms with Crippen LogP contribution in [0.1, 0.15) is 53.4 Å². The average Bonchev–Trinajstić information content (AvgIpc) is 2.88. The molecule has 4 aliphatic rings. The van der Waals surface area contributed by atoms with Gasteiger partial charge in [-0.3, -0.25) is 14.4 Å². The fourth-order valence-electron chi connectivity index (χ4n) is 6.44. The summed E-state index contributed by atoms with van der Waals surface area (Å²) < 4.78 is 5.66. The standard InChI is InChI=1S/C23H28O4/c1-14(24)23(27-15(2)25)12-20-18-6-5-16-11-17(26)7-10-22(16,4)19(18)8-9-21(20,3)13-23/h5-7,10-11,18-20H,8-9,12-13H2,1-4H3/t18-,19-,20-,21-,22+,23-/m1/s1. The number of hydrogen-bond donors (Lipinski definition) is 0. The number of rotatable bonds is 2. The van der Waals surface area contributed by atoms with Gasteiger partial charge in [0.15, 0.2) is 17.2 Å². The van der Waals surface area contributed by atoms with Crippen molar-refractivity contribution in [2.75, 3.05) is 0 Å². The molecule has 4 aliphatic carbocycles. The largest absolute Gasteiger partial charge is 0.451 e. The molecule has 6 atom stereocenters. The Labute approximate surface area is 160 Å². The minimum Gasteiger partial charge on any atom is -0.451 e. The summed E-state index contributed by atoms with van der Waals surface area (Å²) in [6.07, 6.45) is 13.1. The minimum absolute atomic E-state index is 0.0155. The third-order valence-corrected chi connectivity index (χ3v) is 7.85. The summed E-state index contributed by atoms with van der Waals surface area (Å²) in [6.45, 7) is 7.42. The molecule has 0 radical (unpaired) electrons. The summed E-state index contributed by atoms with van der Waals surface area (Å²) in [5.41, 5.74) is -0.0463. The molecule has 2 saturated carbocycles. The van der Waals surface area contributed by atoms with Crippen molar-refractivity contribution in [1.29, 1.82) is 0 Å². The van der Waals surface area contributed by atoms with Crippen LogP contribution in [0.2, 0.25) is 0 Å². The molecule has 144 valence electrons. The minimum atomic E-state index is -0.983. The molecule has 0 heterocycles. The third-order valence-electron chi connectivity index (χ3n) is 7.85. The zero-order valence-electron chi connectivity index (χ0n) is 16.6. The van der Waals surface area contributed by atoms with Crippen LogP contribution in [0.15, 0.2) is 36.0 Å². The van der Waals surface area contributed by atoms with Crippen molar-refractivity contribution in [2.45, 2.75) is 59.0 Å². The maximum atomic E-state index is 12.5. The summed E-state index contributed by atoms with van der Waals surface area (Å²) in [5.74, 6) is 0.642. The zero-order chi connectivity index (χ0) is 19.6. The van der Waals surface area contributed by atoms with Crippen LogP contribution in [0, 0.1) is 28.6 Å². The van der Waals surface area contributed by atoms with Crippen LogP contribution in [0.3, 0.4) is 0 Å². The van der Waals surface area contributed by atoms with E-state index in [1.807, 2.05) is 0 Å². The molecule has 4 nitrogen and oxygen atoms in total. The van der Waals surface area contributed by atoms with Crippen molar-refractivity contribution in [1.82, 2.24) is 0 Å². The predicted octanol–water partition coefficient (Wildman–Crippen LogP) is 3.96. The monoisotopic (exact) mass is 368 g/mol. The average molecular weight is 368 g/mol. The fraction of sp³-hybridized carbons (Fsp3) is 0.609. The molecule has 0 aromatic carbocycles. The van der Waals surface area contributed by atoms with Gasteiger partial charge in [0.2, 0.25) is 0 Å². The van der Waals surface area contributed by atoms with Crippen molar-refractivity contribution in [3.8, 4) is 0 Å². The van der Waals surface area contributed by atoms with Gasteiger partial charge in [-0.1, -0.05) is 32.1 Å².